The minimum atomic E-state index is 0.266. The maximum atomic E-state index is 12.6. The fourth-order valence-corrected chi connectivity index (χ4v) is 5.42. The molecule has 5 rings (SSSR count). The van der Waals surface area contributed by atoms with Gasteiger partial charge in [-0.05, 0) is 62.1 Å². The van der Waals surface area contributed by atoms with Crippen molar-refractivity contribution in [1.82, 2.24) is 14.9 Å². The van der Waals surface area contributed by atoms with E-state index < -0.39 is 0 Å². The first kappa shape index (κ1) is 21.1. The summed E-state index contributed by atoms with van der Waals surface area (Å²) in [5.74, 6) is 2.23. The summed E-state index contributed by atoms with van der Waals surface area (Å²) in [5, 5.41) is 4.22. The first-order valence-corrected chi connectivity index (χ1v) is 11.9. The van der Waals surface area contributed by atoms with Crippen molar-refractivity contribution >= 4 is 22.5 Å². The molecule has 2 aromatic carbocycles. The standard InChI is InChI=1S/C27H32N4O/c1-19-7-12-26-25(13-19)27(30-18-29-26)28-15-24(32)14-20-16-31(17-20)23-10-8-22(9-11-23)21-5-3-2-4-6-21/h2-7,12-13,18,20,22-23H,8-11,14-17H2,1H3,(H,28,29,30). The van der Waals surface area contributed by atoms with E-state index in [9.17, 15) is 4.79 Å². The molecule has 1 saturated heterocycles. The molecule has 1 N–H and O–H groups in total. The van der Waals surface area contributed by atoms with E-state index in [-0.39, 0.29) is 5.78 Å². The lowest BCUT2D eigenvalue weighted by Crippen LogP contribution is -2.53. The number of aromatic nitrogens is 2. The van der Waals surface area contributed by atoms with Crippen LogP contribution in [0.3, 0.4) is 0 Å². The van der Waals surface area contributed by atoms with Crippen LogP contribution < -0.4 is 5.32 Å². The average molecular weight is 429 g/mol. The molecule has 2 fully saturated rings. The summed E-state index contributed by atoms with van der Waals surface area (Å²) in [6.45, 7) is 4.53. The highest BCUT2D eigenvalue weighted by molar-refractivity contribution is 5.91. The zero-order valence-electron chi connectivity index (χ0n) is 18.8. The van der Waals surface area contributed by atoms with Crippen molar-refractivity contribution in [2.75, 3.05) is 25.0 Å². The number of carbonyl (C=O) groups excluding carboxylic acids is 1. The minimum Gasteiger partial charge on any atom is -0.362 e. The minimum absolute atomic E-state index is 0.266. The topological polar surface area (TPSA) is 58.1 Å². The predicted molar refractivity (Wildman–Crippen MR) is 129 cm³/mol. The number of nitrogens with zero attached hydrogens (tertiary/aromatic N) is 3. The molecule has 1 aliphatic carbocycles. The lowest BCUT2D eigenvalue weighted by Gasteiger charge is -2.46. The Morgan fingerprint density at radius 3 is 2.59 bits per heavy atom. The monoisotopic (exact) mass is 428 g/mol. The van der Waals surface area contributed by atoms with Gasteiger partial charge in [-0.15, -0.1) is 0 Å². The number of benzene rings is 2. The number of nitrogens with one attached hydrogen (secondary N) is 1. The molecule has 0 radical (unpaired) electrons. The van der Waals surface area contributed by atoms with Crippen LogP contribution >= 0.6 is 0 Å². The van der Waals surface area contributed by atoms with Crippen LogP contribution in [-0.2, 0) is 4.79 Å². The number of fused-ring (bicyclic) bond motifs is 1. The van der Waals surface area contributed by atoms with Crippen molar-refractivity contribution in [2.24, 2.45) is 5.92 Å². The summed E-state index contributed by atoms with van der Waals surface area (Å²) in [7, 11) is 0. The highest BCUT2D eigenvalue weighted by Gasteiger charge is 2.35. The van der Waals surface area contributed by atoms with Crippen LogP contribution in [0, 0.1) is 12.8 Å². The van der Waals surface area contributed by atoms with Crippen molar-refractivity contribution in [3.05, 3.63) is 66.0 Å². The third-order valence-corrected chi connectivity index (χ3v) is 7.23. The van der Waals surface area contributed by atoms with Crippen molar-refractivity contribution in [2.45, 2.75) is 51.0 Å². The number of hydrogen-bond acceptors (Lipinski definition) is 5. The van der Waals surface area contributed by atoms with Gasteiger partial charge in [0, 0.05) is 30.9 Å². The Bertz CT molecular complexity index is 1070. The highest BCUT2D eigenvalue weighted by Crippen LogP contribution is 2.37. The number of aryl methyl sites for hydroxylation is 1. The summed E-state index contributed by atoms with van der Waals surface area (Å²) in [6, 6.07) is 17.8. The SMILES string of the molecule is Cc1ccc2ncnc(NCC(=O)CC3CN(C4CCC(c5ccccc5)CC4)C3)c2c1. The van der Waals surface area contributed by atoms with Crippen molar-refractivity contribution in [1.29, 1.82) is 0 Å². The number of rotatable bonds is 7. The van der Waals surface area contributed by atoms with Crippen molar-refractivity contribution in [3.8, 4) is 0 Å². The lowest BCUT2D eigenvalue weighted by atomic mass is 9.79. The molecule has 1 aromatic heterocycles. The second-order valence-electron chi connectivity index (χ2n) is 9.58. The van der Waals surface area contributed by atoms with E-state index in [1.54, 1.807) is 6.33 Å². The van der Waals surface area contributed by atoms with E-state index in [0.29, 0.717) is 24.9 Å². The van der Waals surface area contributed by atoms with Crippen LogP contribution in [0.5, 0.6) is 0 Å². The van der Waals surface area contributed by atoms with Gasteiger partial charge in [0.25, 0.3) is 0 Å². The van der Waals surface area contributed by atoms with E-state index in [1.165, 1.54) is 31.2 Å². The van der Waals surface area contributed by atoms with Gasteiger partial charge in [-0.1, -0.05) is 42.0 Å². The second kappa shape index (κ2) is 9.37. The summed E-state index contributed by atoms with van der Waals surface area (Å²) in [6.07, 6.45) is 7.34. The quantitative estimate of drug-likeness (QED) is 0.576. The third kappa shape index (κ3) is 4.68. The van der Waals surface area contributed by atoms with E-state index >= 15 is 0 Å². The van der Waals surface area contributed by atoms with Gasteiger partial charge in [0.1, 0.15) is 12.1 Å². The number of carbonyl (C=O) groups is 1. The van der Waals surface area contributed by atoms with Crippen LogP contribution in [0.15, 0.2) is 54.9 Å². The van der Waals surface area contributed by atoms with Crippen LogP contribution in [-0.4, -0.2) is 46.3 Å². The van der Waals surface area contributed by atoms with Gasteiger partial charge in [-0.2, -0.15) is 0 Å². The lowest BCUT2D eigenvalue weighted by molar-refractivity contribution is -0.120. The Morgan fingerprint density at radius 1 is 1.03 bits per heavy atom. The first-order chi connectivity index (χ1) is 15.7. The van der Waals surface area contributed by atoms with Gasteiger partial charge < -0.3 is 5.32 Å². The molecule has 3 aromatic rings. The molecule has 0 spiro atoms. The molecule has 5 nitrogen and oxygen atoms in total. The molecule has 1 saturated carbocycles. The highest BCUT2D eigenvalue weighted by atomic mass is 16.1. The van der Waals surface area contributed by atoms with E-state index in [0.717, 1.165) is 41.3 Å². The molecule has 0 atom stereocenters. The molecule has 1 aliphatic heterocycles. The van der Waals surface area contributed by atoms with Gasteiger partial charge in [0.15, 0.2) is 5.78 Å². The Kier molecular flexibility index (Phi) is 6.17. The summed E-state index contributed by atoms with van der Waals surface area (Å²) < 4.78 is 0. The zero-order valence-corrected chi connectivity index (χ0v) is 18.8. The molecular formula is C27H32N4O. The summed E-state index contributed by atoms with van der Waals surface area (Å²) in [4.78, 5) is 23.9. The van der Waals surface area contributed by atoms with Crippen LogP contribution in [0.1, 0.15) is 49.1 Å². The first-order valence-electron chi connectivity index (χ1n) is 11.9. The van der Waals surface area contributed by atoms with E-state index in [4.69, 9.17) is 0 Å². The van der Waals surface area contributed by atoms with Crippen molar-refractivity contribution < 1.29 is 4.79 Å². The van der Waals surface area contributed by atoms with Crippen LogP contribution in [0.4, 0.5) is 5.82 Å². The molecule has 5 heteroatoms. The maximum absolute atomic E-state index is 12.6. The van der Waals surface area contributed by atoms with Gasteiger partial charge in [0.05, 0.1) is 12.1 Å². The number of ketones is 1. The molecule has 0 unspecified atom stereocenters. The number of hydrogen-bond donors (Lipinski definition) is 1. The van der Waals surface area contributed by atoms with Gasteiger partial charge in [-0.25, -0.2) is 9.97 Å². The molecule has 2 aliphatic rings. The number of likely N-dealkylation sites (tertiary alicyclic amines) is 1. The summed E-state index contributed by atoms with van der Waals surface area (Å²) >= 11 is 0. The maximum Gasteiger partial charge on any atom is 0.152 e. The molecule has 32 heavy (non-hydrogen) atoms. The van der Waals surface area contributed by atoms with Gasteiger partial charge >= 0.3 is 0 Å². The summed E-state index contributed by atoms with van der Waals surface area (Å²) in [5.41, 5.74) is 3.56. The smallest absolute Gasteiger partial charge is 0.152 e. The Labute approximate surface area is 190 Å². The van der Waals surface area contributed by atoms with Crippen LogP contribution in [0.2, 0.25) is 0 Å². The third-order valence-electron chi connectivity index (χ3n) is 7.23. The molecule has 0 bridgehead atoms. The predicted octanol–water partition coefficient (Wildman–Crippen LogP) is 4.97. The average Bonchev–Trinajstić information content (AvgIpc) is 2.80. The molecule has 0 amide bonds. The Hall–Kier alpha value is -2.79. The molecule has 166 valence electrons. The van der Waals surface area contributed by atoms with E-state index in [1.807, 2.05) is 12.1 Å². The Morgan fingerprint density at radius 2 is 1.81 bits per heavy atom. The second-order valence-corrected chi connectivity index (χ2v) is 9.58. The van der Waals surface area contributed by atoms with E-state index in [2.05, 4.69) is 63.5 Å². The Balaban J connectivity index is 1.06. The fourth-order valence-electron chi connectivity index (χ4n) is 5.42. The fraction of sp³-hybridized carbons (Fsp3) is 0.444. The number of anilines is 1. The van der Waals surface area contributed by atoms with Gasteiger partial charge in [-0.3, -0.25) is 9.69 Å². The van der Waals surface area contributed by atoms with Gasteiger partial charge in [0.2, 0.25) is 0 Å². The normalized spacial score (nSPS) is 21.9. The van der Waals surface area contributed by atoms with Crippen LogP contribution in [0.25, 0.3) is 10.9 Å². The molecular weight excluding hydrogens is 396 g/mol. The largest absolute Gasteiger partial charge is 0.362 e. The zero-order chi connectivity index (χ0) is 21.9. The number of Topliss-reactive ketones (excluding diaryl/α,β-unsaturated/α-hetero) is 1. The van der Waals surface area contributed by atoms with Crippen molar-refractivity contribution in [3.63, 3.8) is 0 Å². The molecule has 2 heterocycles.